The lowest BCUT2D eigenvalue weighted by molar-refractivity contribution is -0.131. The molecule has 3 rings (SSSR count). The average molecular weight is 423 g/mol. The molecule has 2 fully saturated rings. The van der Waals surface area contributed by atoms with Crippen LogP contribution in [0.2, 0.25) is 0 Å². The molecule has 7 heteroatoms. The lowest BCUT2D eigenvalue weighted by atomic mass is 10.2. The maximum Gasteiger partial charge on any atom is 0.251 e. The van der Waals surface area contributed by atoms with E-state index in [4.69, 9.17) is 0 Å². The first kappa shape index (κ1) is 19.3. The van der Waals surface area contributed by atoms with E-state index in [2.05, 4.69) is 31.0 Å². The lowest BCUT2D eigenvalue weighted by Crippen LogP contribution is -2.52. The zero-order valence-corrected chi connectivity index (χ0v) is 16.7. The van der Waals surface area contributed by atoms with Gasteiger partial charge in [-0.2, -0.15) is 0 Å². The van der Waals surface area contributed by atoms with E-state index in [1.807, 2.05) is 17.0 Å². The molecule has 2 heterocycles. The van der Waals surface area contributed by atoms with Crippen LogP contribution in [0, 0.1) is 0 Å². The molecule has 0 aliphatic carbocycles. The Morgan fingerprint density at radius 2 is 1.46 bits per heavy atom. The fourth-order valence-electron chi connectivity index (χ4n) is 3.48. The smallest absolute Gasteiger partial charge is 0.251 e. The van der Waals surface area contributed by atoms with E-state index in [0.29, 0.717) is 5.56 Å². The van der Waals surface area contributed by atoms with E-state index in [0.717, 1.165) is 43.7 Å². The van der Waals surface area contributed by atoms with Crippen LogP contribution in [0.1, 0.15) is 23.2 Å². The Kier molecular flexibility index (Phi) is 7.05. The van der Waals surface area contributed by atoms with Crippen LogP contribution in [0.15, 0.2) is 28.7 Å². The van der Waals surface area contributed by atoms with Crippen molar-refractivity contribution in [2.45, 2.75) is 12.8 Å². The average Bonchev–Trinajstić information content (AvgIpc) is 3.19. The summed E-state index contributed by atoms with van der Waals surface area (Å²) in [7, 11) is 0. The van der Waals surface area contributed by atoms with Gasteiger partial charge in [0.1, 0.15) is 0 Å². The number of nitrogens with zero attached hydrogens (tertiary/aromatic N) is 3. The summed E-state index contributed by atoms with van der Waals surface area (Å²) in [6, 6.07) is 7.11. The minimum absolute atomic E-state index is 0.00495. The topological polar surface area (TPSA) is 55.9 Å². The van der Waals surface area contributed by atoms with Gasteiger partial charge in [-0.05, 0) is 50.2 Å². The van der Waals surface area contributed by atoms with Gasteiger partial charge >= 0.3 is 0 Å². The van der Waals surface area contributed by atoms with Gasteiger partial charge in [-0.25, -0.2) is 0 Å². The zero-order chi connectivity index (χ0) is 18.4. The number of piperazine rings is 1. The van der Waals surface area contributed by atoms with Gasteiger partial charge in [-0.3, -0.25) is 14.5 Å². The summed E-state index contributed by atoms with van der Waals surface area (Å²) in [5.74, 6) is -0.218. The van der Waals surface area contributed by atoms with Crippen molar-refractivity contribution >= 4 is 27.7 Å². The minimum Gasteiger partial charge on any atom is -0.343 e. The second kappa shape index (κ2) is 9.48. The van der Waals surface area contributed by atoms with E-state index in [9.17, 15) is 9.59 Å². The molecule has 2 aliphatic heterocycles. The van der Waals surface area contributed by atoms with Crippen LogP contribution in [0.3, 0.4) is 0 Å². The maximum atomic E-state index is 12.3. The number of hydrogen-bond donors (Lipinski definition) is 1. The van der Waals surface area contributed by atoms with Gasteiger partial charge in [0.2, 0.25) is 5.91 Å². The molecule has 6 nitrogen and oxygen atoms in total. The minimum atomic E-state index is -0.213. The zero-order valence-electron chi connectivity index (χ0n) is 15.1. The third kappa shape index (κ3) is 5.53. The predicted molar refractivity (Wildman–Crippen MR) is 105 cm³/mol. The van der Waals surface area contributed by atoms with Crippen LogP contribution in [0.25, 0.3) is 0 Å². The van der Waals surface area contributed by atoms with Gasteiger partial charge in [0.15, 0.2) is 0 Å². The number of nitrogens with one attached hydrogen (secondary N) is 1. The first-order valence-electron chi connectivity index (χ1n) is 9.38. The molecular weight excluding hydrogens is 396 g/mol. The summed E-state index contributed by atoms with van der Waals surface area (Å²) < 4.78 is 0.924. The maximum absolute atomic E-state index is 12.3. The van der Waals surface area contributed by atoms with Gasteiger partial charge in [0.05, 0.1) is 6.54 Å². The number of amides is 2. The van der Waals surface area contributed by atoms with Crippen LogP contribution < -0.4 is 5.32 Å². The van der Waals surface area contributed by atoms with Crippen LogP contribution in [0.4, 0.5) is 0 Å². The molecule has 26 heavy (non-hydrogen) atoms. The number of rotatable bonds is 6. The molecule has 2 amide bonds. The van der Waals surface area contributed by atoms with Crippen molar-refractivity contribution in [3.63, 3.8) is 0 Å². The van der Waals surface area contributed by atoms with E-state index >= 15 is 0 Å². The quantitative estimate of drug-likeness (QED) is 0.752. The standard InChI is InChI=1S/C19H27BrN4O2/c20-17-5-3-16(4-6-17)19(26)21-15-18(25)24-13-11-23(12-14-24)10-9-22-7-1-2-8-22/h3-6H,1-2,7-15H2,(H,21,26). The molecule has 0 saturated carbocycles. The summed E-state index contributed by atoms with van der Waals surface area (Å²) in [5, 5.41) is 2.72. The van der Waals surface area contributed by atoms with Crippen LogP contribution in [-0.4, -0.2) is 85.4 Å². The molecule has 142 valence electrons. The number of likely N-dealkylation sites (tertiary alicyclic amines) is 1. The molecule has 1 aromatic carbocycles. The van der Waals surface area contributed by atoms with Crippen molar-refractivity contribution in [3.8, 4) is 0 Å². The molecule has 2 saturated heterocycles. The summed E-state index contributed by atoms with van der Waals surface area (Å²) in [4.78, 5) is 31.2. The summed E-state index contributed by atoms with van der Waals surface area (Å²) >= 11 is 3.34. The van der Waals surface area contributed by atoms with E-state index in [-0.39, 0.29) is 18.4 Å². The molecule has 0 unspecified atom stereocenters. The summed E-state index contributed by atoms with van der Waals surface area (Å²) in [6.45, 7) is 8.07. The molecule has 0 spiro atoms. The molecule has 0 aromatic heterocycles. The normalized spacial score (nSPS) is 18.9. The van der Waals surface area contributed by atoms with Crippen molar-refractivity contribution in [2.24, 2.45) is 0 Å². The summed E-state index contributed by atoms with van der Waals surface area (Å²) in [5.41, 5.74) is 0.563. The first-order chi connectivity index (χ1) is 12.6. The SMILES string of the molecule is O=C(NCC(=O)N1CCN(CCN2CCCC2)CC1)c1ccc(Br)cc1. The van der Waals surface area contributed by atoms with Gasteiger partial charge in [-0.1, -0.05) is 15.9 Å². The van der Waals surface area contributed by atoms with Gasteiger partial charge in [0.25, 0.3) is 5.91 Å². The first-order valence-corrected chi connectivity index (χ1v) is 10.2. The Bertz CT molecular complexity index is 608. The molecule has 0 atom stereocenters. The molecule has 0 bridgehead atoms. The van der Waals surface area contributed by atoms with Crippen molar-refractivity contribution in [2.75, 3.05) is 58.9 Å². The predicted octanol–water partition coefficient (Wildman–Crippen LogP) is 1.42. The number of carbonyl (C=O) groups excluding carboxylic acids is 2. The fraction of sp³-hybridized carbons (Fsp3) is 0.579. The number of halogens is 1. The second-order valence-electron chi connectivity index (χ2n) is 6.96. The highest BCUT2D eigenvalue weighted by atomic mass is 79.9. The fourth-order valence-corrected chi connectivity index (χ4v) is 3.75. The third-order valence-corrected chi connectivity index (χ3v) is 5.69. The van der Waals surface area contributed by atoms with Gasteiger partial charge < -0.3 is 15.1 Å². The molecule has 1 N–H and O–H groups in total. The Balaban J connectivity index is 1.35. The van der Waals surface area contributed by atoms with Crippen molar-refractivity contribution in [1.82, 2.24) is 20.0 Å². The molecule has 2 aliphatic rings. The molecule has 0 radical (unpaired) electrons. The van der Waals surface area contributed by atoms with Gasteiger partial charge in [0, 0.05) is 49.3 Å². The van der Waals surface area contributed by atoms with E-state index in [1.54, 1.807) is 12.1 Å². The Labute approximate surface area is 163 Å². The van der Waals surface area contributed by atoms with Crippen LogP contribution >= 0.6 is 15.9 Å². The number of benzene rings is 1. The van der Waals surface area contributed by atoms with E-state index < -0.39 is 0 Å². The Hall–Kier alpha value is -1.44. The van der Waals surface area contributed by atoms with Crippen molar-refractivity contribution < 1.29 is 9.59 Å². The van der Waals surface area contributed by atoms with E-state index in [1.165, 1.54) is 25.9 Å². The molecule has 1 aromatic rings. The van der Waals surface area contributed by atoms with Crippen LogP contribution in [-0.2, 0) is 4.79 Å². The lowest BCUT2D eigenvalue weighted by Gasteiger charge is -2.35. The summed E-state index contributed by atoms with van der Waals surface area (Å²) in [6.07, 6.45) is 2.66. The third-order valence-electron chi connectivity index (χ3n) is 5.16. The number of hydrogen-bond acceptors (Lipinski definition) is 4. The Morgan fingerprint density at radius 1 is 0.885 bits per heavy atom. The second-order valence-corrected chi connectivity index (χ2v) is 7.88. The van der Waals surface area contributed by atoms with Crippen LogP contribution in [0.5, 0.6) is 0 Å². The number of carbonyl (C=O) groups is 2. The highest BCUT2D eigenvalue weighted by Gasteiger charge is 2.22. The van der Waals surface area contributed by atoms with Gasteiger partial charge in [-0.15, -0.1) is 0 Å². The molecular formula is C19H27BrN4O2. The van der Waals surface area contributed by atoms with Crippen molar-refractivity contribution in [1.29, 1.82) is 0 Å². The Morgan fingerprint density at radius 3 is 2.08 bits per heavy atom. The largest absolute Gasteiger partial charge is 0.343 e. The van der Waals surface area contributed by atoms with Crippen molar-refractivity contribution in [3.05, 3.63) is 34.3 Å². The highest BCUT2D eigenvalue weighted by molar-refractivity contribution is 9.10. The monoisotopic (exact) mass is 422 g/mol. The highest BCUT2D eigenvalue weighted by Crippen LogP contribution is 2.10.